The summed E-state index contributed by atoms with van der Waals surface area (Å²) in [7, 11) is 0. The van der Waals surface area contributed by atoms with Gasteiger partial charge in [0.05, 0.1) is 0 Å². The Balaban J connectivity index is 3.07. The van der Waals surface area contributed by atoms with E-state index in [-0.39, 0.29) is 35.0 Å². The molecular formula is C22H28O5. The van der Waals surface area contributed by atoms with Crippen LogP contribution in [-0.4, -0.2) is 28.1 Å². The van der Waals surface area contributed by atoms with Crippen molar-refractivity contribution >= 4 is 11.8 Å². The quantitative estimate of drug-likeness (QED) is 0.259. The fraction of sp³-hybridized carbons (Fsp3) is 0.364. The average Bonchev–Trinajstić information content (AvgIpc) is 2.57. The van der Waals surface area contributed by atoms with Crippen molar-refractivity contribution in [1.29, 1.82) is 0 Å². The standard InChI is InChI=1S/C22H28O5/c1-5-7-8-9-11-17(23)12-16-13-18(24)14-19(25)21(16)22(26)27-20(10-6-2)15(3)4/h5-6,9,11,13-15,20,24-25H,1-2,7-8,10,12H2,3-4H3/b11-9+/t20-/m0/s1. The summed E-state index contributed by atoms with van der Waals surface area (Å²) in [5, 5.41) is 19.9. The molecule has 0 saturated heterocycles. The number of hydrogen-bond donors (Lipinski definition) is 2. The van der Waals surface area contributed by atoms with E-state index in [1.165, 1.54) is 12.1 Å². The zero-order valence-electron chi connectivity index (χ0n) is 16.0. The van der Waals surface area contributed by atoms with E-state index < -0.39 is 17.8 Å². The fourth-order valence-electron chi connectivity index (χ4n) is 2.54. The Kier molecular flexibility index (Phi) is 9.06. The predicted molar refractivity (Wildman–Crippen MR) is 106 cm³/mol. The minimum Gasteiger partial charge on any atom is -0.508 e. The topological polar surface area (TPSA) is 83.8 Å². The number of rotatable bonds is 11. The second-order valence-corrected chi connectivity index (χ2v) is 6.62. The summed E-state index contributed by atoms with van der Waals surface area (Å²) in [6.07, 6.45) is 7.95. The van der Waals surface area contributed by atoms with Crippen LogP contribution in [-0.2, 0) is 16.0 Å². The van der Waals surface area contributed by atoms with Crippen molar-refractivity contribution in [2.75, 3.05) is 0 Å². The monoisotopic (exact) mass is 372 g/mol. The van der Waals surface area contributed by atoms with Crippen molar-refractivity contribution in [2.45, 2.75) is 45.6 Å². The molecule has 0 aliphatic carbocycles. The van der Waals surface area contributed by atoms with Gasteiger partial charge in [-0.05, 0) is 36.5 Å². The molecule has 0 fully saturated rings. The molecule has 146 valence electrons. The third kappa shape index (κ3) is 7.13. The highest BCUT2D eigenvalue weighted by Crippen LogP contribution is 2.29. The van der Waals surface area contributed by atoms with E-state index >= 15 is 0 Å². The van der Waals surface area contributed by atoms with Crippen molar-refractivity contribution in [1.82, 2.24) is 0 Å². The van der Waals surface area contributed by atoms with Crippen molar-refractivity contribution in [3.8, 4) is 11.5 Å². The van der Waals surface area contributed by atoms with Gasteiger partial charge >= 0.3 is 5.97 Å². The van der Waals surface area contributed by atoms with Crippen LogP contribution in [0.15, 0.2) is 49.6 Å². The highest BCUT2D eigenvalue weighted by Gasteiger charge is 2.24. The normalized spacial score (nSPS) is 12.1. The Morgan fingerprint density at radius 3 is 2.44 bits per heavy atom. The number of unbranched alkanes of at least 4 members (excludes halogenated alkanes) is 1. The first-order valence-corrected chi connectivity index (χ1v) is 8.97. The Hall–Kier alpha value is -2.82. The molecule has 0 saturated carbocycles. The maximum atomic E-state index is 12.6. The summed E-state index contributed by atoms with van der Waals surface area (Å²) in [4.78, 5) is 24.8. The molecule has 0 spiro atoms. The molecule has 0 aliphatic heterocycles. The minimum atomic E-state index is -0.730. The first kappa shape index (κ1) is 22.2. The average molecular weight is 372 g/mol. The molecule has 1 aromatic carbocycles. The molecule has 0 radical (unpaired) electrons. The number of aromatic hydroxyl groups is 2. The van der Waals surface area contributed by atoms with Crippen LogP contribution in [0.3, 0.4) is 0 Å². The third-order valence-corrected chi connectivity index (χ3v) is 3.99. The molecule has 0 bridgehead atoms. The number of esters is 1. The lowest BCUT2D eigenvalue weighted by Crippen LogP contribution is -2.24. The third-order valence-electron chi connectivity index (χ3n) is 3.99. The maximum absolute atomic E-state index is 12.6. The molecule has 0 unspecified atom stereocenters. The SMILES string of the molecule is C=CCC/C=C/C(=O)Cc1cc(O)cc(O)c1C(=O)O[C@@H](CC=C)C(C)C. The summed E-state index contributed by atoms with van der Waals surface area (Å²) in [6.45, 7) is 11.1. The van der Waals surface area contributed by atoms with Crippen molar-refractivity contribution in [2.24, 2.45) is 5.92 Å². The summed E-state index contributed by atoms with van der Waals surface area (Å²) in [6, 6.07) is 2.35. The molecule has 2 N–H and O–H groups in total. The van der Waals surface area contributed by atoms with E-state index in [4.69, 9.17) is 4.74 Å². The van der Waals surface area contributed by atoms with E-state index in [9.17, 15) is 19.8 Å². The van der Waals surface area contributed by atoms with Gasteiger partial charge in [0.15, 0.2) is 5.78 Å². The van der Waals surface area contributed by atoms with Crippen molar-refractivity contribution in [3.63, 3.8) is 0 Å². The maximum Gasteiger partial charge on any atom is 0.342 e. The molecule has 1 rings (SSSR count). The van der Waals surface area contributed by atoms with Gasteiger partial charge in [0.1, 0.15) is 23.2 Å². The van der Waals surface area contributed by atoms with Gasteiger partial charge in [0.25, 0.3) is 0 Å². The highest BCUT2D eigenvalue weighted by atomic mass is 16.5. The number of hydrogen-bond acceptors (Lipinski definition) is 5. The zero-order chi connectivity index (χ0) is 20.4. The van der Waals surface area contributed by atoms with Crippen molar-refractivity contribution in [3.05, 3.63) is 60.7 Å². The van der Waals surface area contributed by atoms with E-state index in [2.05, 4.69) is 13.2 Å². The summed E-state index contributed by atoms with van der Waals surface area (Å²) in [5.41, 5.74) is 0.118. The van der Waals surface area contributed by atoms with Gasteiger partial charge < -0.3 is 14.9 Å². The van der Waals surface area contributed by atoms with Crippen LogP contribution in [0.1, 0.15) is 49.0 Å². The largest absolute Gasteiger partial charge is 0.508 e. The van der Waals surface area contributed by atoms with Gasteiger partial charge in [-0.25, -0.2) is 4.79 Å². The lowest BCUT2D eigenvalue weighted by molar-refractivity contribution is -0.114. The van der Waals surface area contributed by atoms with Gasteiger partial charge in [-0.3, -0.25) is 4.79 Å². The molecule has 5 heteroatoms. The van der Waals surface area contributed by atoms with Crippen LogP contribution in [0, 0.1) is 5.92 Å². The van der Waals surface area contributed by atoms with Crippen LogP contribution >= 0.6 is 0 Å². The Labute approximate surface area is 160 Å². The second kappa shape index (κ2) is 11.0. The lowest BCUT2D eigenvalue weighted by Gasteiger charge is -2.21. The number of ketones is 1. The minimum absolute atomic E-state index is 0.0593. The van der Waals surface area contributed by atoms with E-state index in [0.29, 0.717) is 12.8 Å². The number of ether oxygens (including phenoxy) is 1. The van der Waals surface area contributed by atoms with Gasteiger partial charge in [0, 0.05) is 18.9 Å². The zero-order valence-corrected chi connectivity index (χ0v) is 16.0. The molecule has 0 amide bonds. The molecule has 1 atom stereocenters. The highest BCUT2D eigenvalue weighted by molar-refractivity contribution is 5.98. The van der Waals surface area contributed by atoms with E-state index in [1.807, 2.05) is 13.8 Å². The summed E-state index contributed by atoms with van der Waals surface area (Å²) >= 11 is 0. The Bertz CT molecular complexity index is 716. The number of carbonyl (C=O) groups excluding carboxylic acids is 2. The summed E-state index contributed by atoms with van der Waals surface area (Å²) in [5.74, 6) is -1.56. The van der Waals surface area contributed by atoms with E-state index in [0.717, 1.165) is 12.5 Å². The Morgan fingerprint density at radius 1 is 1.15 bits per heavy atom. The van der Waals surface area contributed by atoms with Crippen LogP contribution in [0.4, 0.5) is 0 Å². The number of allylic oxidation sites excluding steroid dienone is 3. The molecule has 0 heterocycles. The molecular weight excluding hydrogens is 344 g/mol. The fourth-order valence-corrected chi connectivity index (χ4v) is 2.54. The number of benzene rings is 1. The van der Waals surface area contributed by atoms with Gasteiger partial charge in [-0.15, -0.1) is 13.2 Å². The lowest BCUT2D eigenvalue weighted by atomic mass is 9.99. The Morgan fingerprint density at radius 2 is 1.85 bits per heavy atom. The van der Waals surface area contributed by atoms with Gasteiger partial charge in [0.2, 0.25) is 0 Å². The first-order valence-electron chi connectivity index (χ1n) is 8.97. The van der Waals surface area contributed by atoms with E-state index in [1.54, 1.807) is 18.2 Å². The van der Waals surface area contributed by atoms with Crippen LogP contribution in [0.25, 0.3) is 0 Å². The van der Waals surface area contributed by atoms with Crippen LogP contribution in [0.2, 0.25) is 0 Å². The van der Waals surface area contributed by atoms with Gasteiger partial charge in [-0.1, -0.05) is 32.1 Å². The van der Waals surface area contributed by atoms with Crippen LogP contribution in [0.5, 0.6) is 11.5 Å². The number of phenols is 2. The second-order valence-electron chi connectivity index (χ2n) is 6.62. The molecule has 0 aromatic heterocycles. The van der Waals surface area contributed by atoms with Gasteiger partial charge in [-0.2, -0.15) is 0 Å². The number of carbonyl (C=O) groups is 2. The molecule has 0 aliphatic rings. The first-order chi connectivity index (χ1) is 12.8. The van der Waals surface area contributed by atoms with Crippen LogP contribution < -0.4 is 0 Å². The molecule has 27 heavy (non-hydrogen) atoms. The predicted octanol–water partition coefficient (Wildman–Crippen LogP) is 4.49. The molecule has 1 aromatic rings. The number of phenolic OH excluding ortho intramolecular Hbond substituents is 2. The smallest absolute Gasteiger partial charge is 0.342 e. The summed E-state index contributed by atoms with van der Waals surface area (Å²) < 4.78 is 5.50. The van der Waals surface area contributed by atoms with Crippen molar-refractivity contribution < 1.29 is 24.5 Å². The molecule has 5 nitrogen and oxygen atoms in total.